The third kappa shape index (κ3) is 3.07. The predicted molar refractivity (Wildman–Crippen MR) is 94.0 cm³/mol. The SMILES string of the molecule is Cc1ccn(-c2nc(N)c(C(F)(F)F)nc2-c2ccc3ncccc3c2)n1. The molecule has 0 aliphatic rings. The summed E-state index contributed by atoms with van der Waals surface area (Å²) in [4.78, 5) is 12.0. The number of nitrogen functional groups attached to an aromatic ring is 1. The molecule has 0 saturated heterocycles. The van der Waals surface area contributed by atoms with Gasteiger partial charge in [-0.05, 0) is 31.2 Å². The molecular formula is C18H13F3N6. The molecule has 0 radical (unpaired) electrons. The minimum Gasteiger partial charge on any atom is -0.382 e. The molecule has 0 saturated carbocycles. The molecule has 2 N–H and O–H groups in total. The fourth-order valence-electron chi connectivity index (χ4n) is 2.76. The summed E-state index contributed by atoms with van der Waals surface area (Å²) in [6, 6.07) is 10.4. The molecule has 0 amide bonds. The summed E-state index contributed by atoms with van der Waals surface area (Å²) in [7, 11) is 0. The van der Waals surface area contributed by atoms with Crippen molar-refractivity contribution >= 4 is 16.7 Å². The summed E-state index contributed by atoms with van der Waals surface area (Å²) in [5, 5.41) is 5.00. The molecule has 4 aromatic rings. The lowest BCUT2D eigenvalue weighted by molar-refractivity contribution is -0.140. The number of nitrogens with two attached hydrogens (primary N) is 1. The average molecular weight is 370 g/mol. The number of hydrogen-bond acceptors (Lipinski definition) is 5. The van der Waals surface area contributed by atoms with Gasteiger partial charge >= 0.3 is 6.18 Å². The maximum atomic E-state index is 13.3. The van der Waals surface area contributed by atoms with Crippen molar-refractivity contribution in [3.63, 3.8) is 0 Å². The van der Waals surface area contributed by atoms with Gasteiger partial charge in [-0.2, -0.15) is 18.3 Å². The van der Waals surface area contributed by atoms with E-state index in [2.05, 4.69) is 20.1 Å². The Balaban J connectivity index is 2.00. The van der Waals surface area contributed by atoms with Crippen molar-refractivity contribution in [2.45, 2.75) is 13.1 Å². The number of fused-ring (bicyclic) bond motifs is 1. The van der Waals surface area contributed by atoms with Gasteiger partial charge in [0.25, 0.3) is 0 Å². The number of nitrogens with zero attached hydrogens (tertiary/aromatic N) is 5. The highest BCUT2D eigenvalue weighted by atomic mass is 19.4. The standard InChI is InChI=1S/C18H13F3N6/c1-10-6-8-27(26-10)17-14(24-15(16(22)25-17)18(19,20)21)12-4-5-13-11(9-12)3-2-7-23-13/h2-9H,1H3,(H2,22,25). The average Bonchev–Trinajstić information content (AvgIpc) is 3.06. The number of hydrogen-bond donors (Lipinski definition) is 1. The van der Waals surface area contributed by atoms with Crippen molar-refractivity contribution in [1.82, 2.24) is 24.7 Å². The minimum absolute atomic E-state index is 0.0328. The number of pyridine rings is 1. The van der Waals surface area contributed by atoms with Gasteiger partial charge in [0.15, 0.2) is 17.3 Å². The Morgan fingerprint density at radius 2 is 1.89 bits per heavy atom. The molecule has 1 aromatic carbocycles. The first kappa shape index (κ1) is 17.0. The van der Waals surface area contributed by atoms with Crippen LogP contribution in [0.2, 0.25) is 0 Å². The second-order valence-electron chi connectivity index (χ2n) is 5.94. The van der Waals surface area contributed by atoms with Crippen molar-refractivity contribution in [3.05, 3.63) is 60.2 Å². The summed E-state index contributed by atoms with van der Waals surface area (Å²) in [6.07, 6.45) is -1.48. The monoisotopic (exact) mass is 370 g/mol. The van der Waals surface area contributed by atoms with Crippen molar-refractivity contribution in [2.24, 2.45) is 0 Å². The highest BCUT2D eigenvalue weighted by Gasteiger charge is 2.37. The van der Waals surface area contributed by atoms with E-state index in [0.29, 0.717) is 11.3 Å². The van der Waals surface area contributed by atoms with E-state index in [1.165, 1.54) is 4.68 Å². The zero-order valence-corrected chi connectivity index (χ0v) is 14.1. The quantitative estimate of drug-likeness (QED) is 0.581. The molecule has 0 fully saturated rings. The predicted octanol–water partition coefficient (Wildman–Crippen LogP) is 3.79. The Kier molecular flexibility index (Phi) is 3.79. The number of rotatable bonds is 2. The van der Waals surface area contributed by atoms with Gasteiger partial charge in [0.2, 0.25) is 0 Å². The van der Waals surface area contributed by atoms with Crippen LogP contribution < -0.4 is 5.73 Å². The summed E-state index contributed by atoms with van der Waals surface area (Å²) in [5.41, 5.74) is 6.21. The highest BCUT2D eigenvalue weighted by molar-refractivity contribution is 5.85. The van der Waals surface area contributed by atoms with Crippen LogP contribution in [0.15, 0.2) is 48.8 Å². The summed E-state index contributed by atoms with van der Waals surface area (Å²) in [5.74, 6) is -0.575. The number of anilines is 1. The zero-order chi connectivity index (χ0) is 19.2. The first-order valence-electron chi connectivity index (χ1n) is 7.95. The molecule has 3 aromatic heterocycles. The minimum atomic E-state index is -4.72. The number of benzene rings is 1. The Labute approximate surface area is 151 Å². The normalized spacial score (nSPS) is 11.9. The third-order valence-corrected chi connectivity index (χ3v) is 3.99. The fourth-order valence-corrected chi connectivity index (χ4v) is 2.76. The second-order valence-corrected chi connectivity index (χ2v) is 5.94. The maximum absolute atomic E-state index is 13.3. The van der Waals surface area contributed by atoms with Gasteiger partial charge in [0.05, 0.1) is 11.2 Å². The Bertz CT molecular complexity index is 1150. The smallest absolute Gasteiger partial charge is 0.382 e. The number of alkyl halides is 3. The molecule has 3 heterocycles. The molecule has 9 heteroatoms. The topological polar surface area (TPSA) is 82.5 Å². The molecule has 4 rings (SSSR count). The second kappa shape index (κ2) is 6.04. The summed E-state index contributed by atoms with van der Waals surface area (Å²) < 4.78 is 41.3. The lowest BCUT2D eigenvalue weighted by Gasteiger charge is -2.14. The van der Waals surface area contributed by atoms with E-state index in [-0.39, 0.29) is 11.5 Å². The van der Waals surface area contributed by atoms with Gasteiger partial charge in [0.1, 0.15) is 5.69 Å². The van der Waals surface area contributed by atoms with Crippen LogP contribution >= 0.6 is 0 Å². The van der Waals surface area contributed by atoms with E-state index in [4.69, 9.17) is 5.73 Å². The molecule has 0 atom stereocenters. The lowest BCUT2D eigenvalue weighted by atomic mass is 10.1. The van der Waals surface area contributed by atoms with Gasteiger partial charge in [-0.1, -0.05) is 12.1 Å². The lowest BCUT2D eigenvalue weighted by Crippen LogP contribution is -2.16. The van der Waals surface area contributed by atoms with Gasteiger partial charge in [-0.25, -0.2) is 14.6 Å². The molecular weight excluding hydrogens is 357 g/mol. The molecule has 0 aliphatic heterocycles. The molecule has 6 nitrogen and oxygen atoms in total. The first-order valence-corrected chi connectivity index (χ1v) is 7.95. The maximum Gasteiger partial charge on any atom is 0.437 e. The van der Waals surface area contributed by atoms with E-state index in [9.17, 15) is 13.2 Å². The Morgan fingerprint density at radius 1 is 1.07 bits per heavy atom. The Morgan fingerprint density at radius 3 is 2.59 bits per heavy atom. The van der Waals surface area contributed by atoms with E-state index < -0.39 is 17.7 Å². The van der Waals surface area contributed by atoms with Gasteiger partial charge in [-0.15, -0.1) is 0 Å². The van der Waals surface area contributed by atoms with Crippen LogP contribution in [0.3, 0.4) is 0 Å². The van der Waals surface area contributed by atoms with Crippen LogP contribution in [-0.2, 0) is 6.18 Å². The molecule has 0 bridgehead atoms. The first-order chi connectivity index (χ1) is 12.8. The van der Waals surface area contributed by atoms with E-state index in [1.54, 1.807) is 49.6 Å². The van der Waals surface area contributed by atoms with Crippen LogP contribution in [0.5, 0.6) is 0 Å². The zero-order valence-electron chi connectivity index (χ0n) is 14.1. The van der Waals surface area contributed by atoms with Gasteiger partial charge < -0.3 is 5.73 Å². The van der Waals surface area contributed by atoms with Crippen LogP contribution in [0, 0.1) is 6.92 Å². The van der Waals surface area contributed by atoms with Gasteiger partial charge in [-0.3, -0.25) is 4.98 Å². The van der Waals surface area contributed by atoms with Gasteiger partial charge in [0, 0.05) is 23.3 Å². The van der Waals surface area contributed by atoms with Crippen molar-refractivity contribution in [2.75, 3.05) is 5.73 Å². The van der Waals surface area contributed by atoms with E-state index >= 15 is 0 Å². The van der Waals surface area contributed by atoms with E-state index in [1.807, 2.05) is 6.07 Å². The summed E-state index contributed by atoms with van der Waals surface area (Å²) in [6.45, 7) is 1.76. The number of aryl methyl sites for hydroxylation is 1. The van der Waals surface area contributed by atoms with Crippen molar-refractivity contribution < 1.29 is 13.2 Å². The largest absolute Gasteiger partial charge is 0.437 e. The molecule has 27 heavy (non-hydrogen) atoms. The van der Waals surface area contributed by atoms with Crippen molar-refractivity contribution in [3.8, 4) is 17.1 Å². The highest BCUT2D eigenvalue weighted by Crippen LogP contribution is 2.35. The number of halogens is 3. The molecule has 0 aliphatic carbocycles. The fraction of sp³-hybridized carbons (Fsp3) is 0.111. The van der Waals surface area contributed by atoms with Crippen molar-refractivity contribution in [1.29, 1.82) is 0 Å². The molecule has 0 spiro atoms. The Hall–Kier alpha value is -3.49. The van der Waals surface area contributed by atoms with Crippen LogP contribution in [-0.4, -0.2) is 24.7 Å². The summed E-state index contributed by atoms with van der Waals surface area (Å²) >= 11 is 0. The molecule has 136 valence electrons. The van der Waals surface area contributed by atoms with E-state index in [0.717, 1.165) is 10.9 Å². The van der Waals surface area contributed by atoms with Crippen LogP contribution in [0.4, 0.5) is 19.0 Å². The number of aromatic nitrogens is 5. The van der Waals surface area contributed by atoms with Crippen LogP contribution in [0.25, 0.3) is 28.0 Å². The third-order valence-electron chi connectivity index (χ3n) is 3.99. The molecule has 0 unspecified atom stereocenters. The van der Waals surface area contributed by atoms with Crippen LogP contribution in [0.1, 0.15) is 11.4 Å².